The van der Waals surface area contributed by atoms with Gasteiger partial charge in [-0.2, -0.15) is 0 Å². The molecule has 140 valence electrons. The number of benzene rings is 1. The Morgan fingerprint density at radius 2 is 2.00 bits per heavy atom. The number of amides is 2. The fourth-order valence-electron chi connectivity index (χ4n) is 3.76. The van der Waals surface area contributed by atoms with Gasteiger partial charge in [0.25, 0.3) is 0 Å². The first-order valence-corrected chi connectivity index (χ1v) is 8.85. The van der Waals surface area contributed by atoms with Crippen LogP contribution in [0.15, 0.2) is 18.2 Å². The van der Waals surface area contributed by atoms with Crippen LogP contribution in [0.2, 0.25) is 0 Å². The normalized spacial score (nSPS) is 27.3. The minimum absolute atomic E-state index is 0.0103. The first-order valence-electron chi connectivity index (χ1n) is 8.85. The van der Waals surface area contributed by atoms with Crippen molar-refractivity contribution >= 4 is 17.7 Å². The molecule has 1 saturated heterocycles. The van der Waals surface area contributed by atoms with Crippen molar-refractivity contribution in [3.63, 3.8) is 0 Å². The molecule has 0 spiro atoms. The molecule has 3 N–H and O–H groups in total. The second-order valence-electron chi connectivity index (χ2n) is 7.33. The van der Waals surface area contributed by atoms with Gasteiger partial charge in [-0.1, -0.05) is 12.8 Å². The summed E-state index contributed by atoms with van der Waals surface area (Å²) in [7, 11) is 0. The standard InChI is InChI=1S/C18H22N2O6/c21-15-5-6-20(9-18(15,16(22)23)8-11-1-2-11)17(24)19-12-3-4-13-14(7-12)26-10-25-13/h3-4,7,11,15,21H,1-2,5-6,8-10H2,(H,19,24)(H,22,23)/t15-,18+/m0/s1. The lowest BCUT2D eigenvalue weighted by Gasteiger charge is -2.43. The van der Waals surface area contributed by atoms with Crippen LogP contribution in [0, 0.1) is 11.3 Å². The van der Waals surface area contributed by atoms with Crippen LogP contribution in [-0.2, 0) is 4.79 Å². The lowest BCUT2D eigenvalue weighted by atomic mass is 9.73. The molecule has 26 heavy (non-hydrogen) atoms. The van der Waals surface area contributed by atoms with Crippen LogP contribution in [0.4, 0.5) is 10.5 Å². The Labute approximate surface area is 150 Å². The maximum atomic E-state index is 12.7. The molecule has 8 nitrogen and oxygen atoms in total. The van der Waals surface area contributed by atoms with Crippen molar-refractivity contribution in [3.8, 4) is 11.5 Å². The summed E-state index contributed by atoms with van der Waals surface area (Å²) in [5, 5.41) is 23.0. The third-order valence-corrected chi connectivity index (χ3v) is 5.47. The number of anilines is 1. The second-order valence-corrected chi connectivity index (χ2v) is 7.33. The molecule has 1 aromatic carbocycles. The zero-order valence-corrected chi connectivity index (χ0v) is 14.3. The Balaban J connectivity index is 1.48. The van der Waals surface area contributed by atoms with Crippen LogP contribution >= 0.6 is 0 Å². The van der Waals surface area contributed by atoms with Crippen LogP contribution in [0.1, 0.15) is 25.7 Å². The third kappa shape index (κ3) is 3.05. The van der Waals surface area contributed by atoms with E-state index in [9.17, 15) is 19.8 Å². The summed E-state index contributed by atoms with van der Waals surface area (Å²) in [4.78, 5) is 26.1. The molecular weight excluding hydrogens is 340 g/mol. The number of carboxylic acids is 1. The van der Waals surface area contributed by atoms with Gasteiger partial charge in [0.05, 0.1) is 6.10 Å². The predicted octanol–water partition coefficient (Wildman–Crippen LogP) is 1.88. The number of hydrogen-bond donors (Lipinski definition) is 3. The van der Waals surface area contributed by atoms with Crippen molar-refractivity contribution < 1.29 is 29.3 Å². The van der Waals surface area contributed by atoms with E-state index < -0.39 is 17.5 Å². The molecule has 2 atom stereocenters. The molecule has 1 aliphatic carbocycles. The highest BCUT2D eigenvalue weighted by Gasteiger charge is 2.52. The van der Waals surface area contributed by atoms with E-state index in [2.05, 4.69) is 5.32 Å². The Kier molecular flexibility index (Phi) is 4.14. The average molecular weight is 362 g/mol. The molecule has 2 heterocycles. The average Bonchev–Trinajstić information content (AvgIpc) is 3.30. The van der Waals surface area contributed by atoms with E-state index >= 15 is 0 Å². The molecule has 0 radical (unpaired) electrons. The van der Waals surface area contributed by atoms with Gasteiger partial charge in [0.2, 0.25) is 6.79 Å². The minimum Gasteiger partial charge on any atom is -0.481 e. The van der Waals surface area contributed by atoms with E-state index in [1.807, 2.05) is 0 Å². The Morgan fingerprint density at radius 3 is 2.73 bits per heavy atom. The first-order chi connectivity index (χ1) is 12.5. The van der Waals surface area contributed by atoms with E-state index in [1.165, 1.54) is 4.90 Å². The highest BCUT2D eigenvalue weighted by Crippen LogP contribution is 2.45. The molecule has 0 bridgehead atoms. The number of carboxylic acid groups (broad SMARTS) is 1. The fraction of sp³-hybridized carbons (Fsp3) is 0.556. The second kappa shape index (κ2) is 6.35. The van der Waals surface area contributed by atoms with Gasteiger partial charge < -0.3 is 29.9 Å². The van der Waals surface area contributed by atoms with Gasteiger partial charge in [-0.3, -0.25) is 4.79 Å². The number of aliphatic hydroxyl groups is 1. The predicted molar refractivity (Wildman–Crippen MR) is 91.2 cm³/mol. The number of fused-ring (bicyclic) bond motifs is 1. The highest BCUT2D eigenvalue weighted by atomic mass is 16.7. The summed E-state index contributed by atoms with van der Waals surface area (Å²) >= 11 is 0. The van der Waals surface area contributed by atoms with Crippen molar-refractivity contribution in [2.75, 3.05) is 25.2 Å². The lowest BCUT2D eigenvalue weighted by molar-refractivity contribution is -0.163. The van der Waals surface area contributed by atoms with Crippen LogP contribution < -0.4 is 14.8 Å². The van der Waals surface area contributed by atoms with Gasteiger partial charge in [-0.05, 0) is 30.9 Å². The molecule has 0 unspecified atom stereocenters. The summed E-state index contributed by atoms with van der Waals surface area (Å²) < 4.78 is 10.5. The van der Waals surface area contributed by atoms with E-state index in [-0.39, 0.29) is 25.8 Å². The number of likely N-dealkylation sites (tertiary alicyclic amines) is 1. The maximum Gasteiger partial charge on any atom is 0.321 e. The lowest BCUT2D eigenvalue weighted by Crippen LogP contribution is -2.58. The first kappa shape index (κ1) is 17.0. The number of ether oxygens (including phenoxy) is 2. The maximum absolute atomic E-state index is 12.7. The van der Waals surface area contributed by atoms with E-state index in [0.717, 1.165) is 12.8 Å². The smallest absolute Gasteiger partial charge is 0.321 e. The number of piperidine rings is 1. The summed E-state index contributed by atoms with van der Waals surface area (Å²) in [6.45, 7) is 0.479. The number of nitrogens with zero attached hydrogens (tertiary/aromatic N) is 1. The van der Waals surface area contributed by atoms with Crippen LogP contribution in [0.25, 0.3) is 0 Å². The molecule has 3 aliphatic rings. The van der Waals surface area contributed by atoms with Gasteiger partial charge >= 0.3 is 12.0 Å². The quantitative estimate of drug-likeness (QED) is 0.755. The van der Waals surface area contributed by atoms with E-state index in [0.29, 0.717) is 36.1 Å². The number of rotatable bonds is 4. The van der Waals surface area contributed by atoms with Crippen LogP contribution in [0.5, 0.6) is 11.5 Å². The summed E-state index contributed by atoms with van der Waals surface area (Å²) in [5.74, 6) is 0.485. The molecule has 1 saturated carbocycles. The zero-order valence-electron chi connectivity index (χ0n) is 14.3. The van der Waals surface area contributed by atoms with Crippen molar-refractivity contribution in [2.45, 2.75) is 31.8 Å². The molecule has 2 amide bonds. The SMILES string of the molecule is O=C(Nc1ccc2c(c1)OCO2)N1CC[C@H](O)[C@](CC2CC2)(C(=O)O)C1. The van der Waals surface area contributed by atoms with Crippen LogP contribution in [-0.4, -0.2) is 53.1 Å². The number of aliphatic hydroxyl groups excluding tert-OH is 1. The fourth-order valence-corrected chi connectivity index (χ4v) is 3.76. The summed E-state index contributed by atoms with van der Waals surface area (Å²) in [5.41, 5.74) is -0.737. The Morgan fingerprint density at radius 1 is 1.23 bits per heavy atom. The van der Waals surface area contributed by atoms with E-state index in [1.54, 1.807) is 18.2 Å². The molecule has 2 fully saturated rings. The van der Waals surface area contributed by atoms with Crippen molar-refractivity contribution in [2.24, 2.45) is 11.3 Å². The molecule has 2 aliphatic heterocycles. The summed E-state index contributed by atoms with van der Waals surface area (Å²) in [6.07, 6.45) is 1.72. The van der Waals surface area contributed by atoms with E-state index in [4.69, 9.17) is 9.47 Å². The van der Waals surface area contributed by atoms with Crippen LogP contribution in [0.3, 0.4) is 0 Å². The highest BCUT2D eigenvalue weighted by molar-refractivity contribution is 5.90. The molecule has 8 heteroatoms. The number of hydrogen-bond acceptors (Lipinski definition) is 5. The van der Waals surface area contributed by atoms with Gasteiger partial charge in [-0.25, -0.2) is 4.79 Å². The van der Waals surface area contributed by atoms with Crippen molar-refractivity contribution in [1.29, 1.82) is 0 Å². The summed E-state index contributed by atoms with van der Waals surface area (Å²) in [6, 6.07) is 4.72. The number of carbonyl (C=O) groups is 2. The van der Waals surface area contributed by atoms with Crippen molar-refractivity contribution in [1.82, 2.24) is 4.90 Å². The Bertz CT molecular complexity index is 734. The third-order valence-electron chi connectivity index (χ3n) is 5.47. The van der Waals surface area contributed by atoms with Gasteiger partial charge in [0.15, 0.2) is 11.5 Å². The number of aliphatic carboxylic acids is 1. The molecular formula is C18H22N2O6. The topological polar surface area (TPSA) is 108 Å². The minimum atomic E-state index is -1.29. The number of nitrogens with one attached hydrogen (secondary N) is 1. The Hall–Kier alpha value is -2.48. The van der Waals surface area contributed by atoms with Gasteiger partial charge in [-0.15, -0.1) is 0 Å². The van der Waals surface area contributed by atoms with Crippen molar-refractivity contribution in [3.05, 3.63) is 18.2 Å². The largest absolute Gasteiger partial charge is 0.481 e. The molecule has 4 rings (SSSR count). The zero-order chi connectivity index (χ0) is 18.3. The number of carbonyl (C=O) groups excluding carboxylic acids is 1. The monoisotopic (exact) mass is 362 g/mol. The molecule has 1 aromatic rings. The molecule has 0 aromatic heterocycles. The number of urea groups is 1. The van der Waals surface area contributed by atoms with Gasteiger partial charge in [0.1, 0.15) is 5.41 Å². The van der Waals surface area contributed by atoms with Gasteiger partial charge in [0, 0.05) is 24.8 Å².